The molecule has 0 aliphatic heterocycles. The van der Waals surface area contributed by atoms with E-state index >= 15 is 0 Å². The lowest BCUT2D eigenvalue weighted by atomic mass is 10.2. The summed E-state index contributed by atoms with van der Waals surface area (Å²) in [5, 5.41) is 17.5. The maximum absolute atomic E-state index is 11.9. The molecule has 0 aliphatic carbocycles. The molecule has 0 spiro atoms. The fraction of sp³-hybridized carbons (Fsp3) is 0.250. The van der Waals surface area contributed by atoms with Gasteiger partial charge in [0.15, 0.2) is 0 Å². The monoisotopic (exact) mass is 311 g/mol. The standard InChI is InChI=1S/C12H13N3O5S/c13-6-8-1-3-9(4-2-8)7-21(19,20)15-10(12(17)18)5-11(14)16/h1-4,10,15H,5,7H2,(H2,14,16)(H,17,18)/t10-/m1/s1. The van der Waals surface area contributed by atoms with Gasteiger partial charge >= 0.3 is 5.97 Å². The third kappa shape index (κ3) is 5.60. The Morgan fingerprint density at radius 1 is 1.33 bits per heavy atom. The summed E-state index contributed by atoms with van der Waals surface area (Å²) >= 11 is 0. The molecule has 0 saturated carbocycles. The Labute approximate surface area is 121 Å². The van der Waals surface area contributed by atoms with E-state index in [0.29, 0.717) is 11.1 Å². The zero-order valence-electron chi connectivity index (χ0n) is 10.8. The van der Waals surface area contributed by atoms with Gasteiger partial charge in [-0.25, -0.2) is 13.1 Å². The van der Waals surface area contributed by atoms with E-state index in [1.165, 1.54) is 24.3 Å². The minimum Gasteiger partial charge on any atom is -0.480 e. The maximum atomic E-state index is 11.9. The van der Waals surface area contributed by atoms with Gasteiger partial charge in [-0.05, 0) is 17.7 Å². The summed E-state index contributed by atoms with van der Waals surface area (Å²) in [5.74, 6) is -2.89. The van der Waals surface area contributed by atoms with Gasteiger partial charge in [0.2, 0.25) is 15.9 Å². The van der Waals surface area contributed by atoms with Gasteiger partial charge in [-0.2, -0.15) is 5.26 Å². The van der Waals surface area contributed by atoms with Gasteiger partial charge in [0.05, 0.1) is 23.8 Å². The van der Waals surface area contributed by atoms with Crippen molar-refractivity contribution in [2.45, 2.75) is 18.2 Å². The quantitative estimate of drug-likeness (QED) is 0.606. The zero-order valence-corrected chi connectivity index (χ0v) is 11.6. The van der Waals surface area contributed by atoms with Gasteiger partial charge in [-0.1, -0.05) is 12.1 Å². The number of amides is 1. The first-order chi connectivity index (χ1) is 9.73. The summed E-state index contributed by atoms with van der Waals surface area (Å²) in [6, 6.07) is 6.07. The van der Waals surface area contributed by atoms with Crippen LogP contribution in [-0.2, 0) is 25.4 Å². The van der Waals surface area contributed by atoms with Crippen molar-refractivity contribution in [3.63, 3.8) is 0 Å². The summed E-state index contributed by atoms with van der Waals surface area (Å²) in [6.07, 6.45) is -0.637. The lowest BCUT2D eigenvalue weighted by Crippen LogP contribution is -2.43. The number of primary amides is 1. The topological polar surface area (TPSA) is 150 Å². The predicted octanol–water partition coefficient (Wildman–Crippen LogP) is -0.694. The molecule has 1 aromatic carbocycles. The van der Waals surface area contributed by atoms with Crippen molar-refractivity contribution in [1.29, 1.82) is 5.26 Å². The van der Waals surface area contributed by atoms with Crippen molar-refractivity contribution in [3.8, 4) is 6.07 Å². The molecule has 0 heterocycles. The molecule has 1 atom stereocenters. The van der Waals surface area contributed by atoms with Crippen LogP contribution in [0.2, 0.25) is 0 Å². The number of hydrogen-bond donors (Lipinski definition) is 3. The maximum Gasteiger partial charge on any atom is 0.322 e. The number of rotatable bonds is 7. The summed E-state index contributed by atoms with van der Waals surface area (Å²) in [6.45, 7) is 0. The van der Waals surface area contributed by atoms with Crippen LogP contribution in [0, 0.1) is 11.3 Å². The van der Waals surface area contributed by atoms with E-state index in [1.54, 1.807) is 0 Å². The second-order valence-electron chi connectivity index (χ2n) is 4.25. The van der Waals surface area contributed by atoms with E-state index in [2.05, 4.69) is 0 Å². The number of carbonyl (C=O) groups excluding carboxylic acids is 1. The third-order valence-corrected chi connectivity index (χ3v) is 3.82. The van der Waals surface area contributed by atoms with Gasteiger partial charge in [0.1, 0.15) is 6.04 Å². The van der Waals surface area contributed by atoms with Crippen molar-refractivity contribution in [2.75, 3.05) is 0 Å². The minimum absolute atomic E-state index is 0.376. The SMILES string of the molecule is N#Cc1ccc(CS(=O)(=O)N[C@H](CC(N)=O)C(=O)O)cc1. The van der Waals surface area contributed by atoms with Crippen LogP contribution in [0.15, 0.2) is 24.3 Å². The number of carbonyl (C=O) groups is 2. The summed E-state index contributed by atoms with van der Waals surface area (Å²) in [4.78, 5) is 21.6. The number of nitrogens with zero attached hydrogens (tertiary/aromatic N) is 1. The molecule has 0 fully saturated rings. The number of carboxylic acids is 1. The summed E-state index contributed by atoms with van der Waals surface area (Å²) in [5.41, 5.74) is 5.62. The Morgan fingerprint density at radius 3 is 2.33 bits per heavy atom. The van der Waals surface area contributed by atoms with E-state index in [0.717, 1.165) is 0 Å². The number of aliphatic carboxylic acids is 1. The normalized spacial score (nSPS) is 12.3. The number of sulfonamides is 1. The van der Waals surface area contributed by atoms with Crippen LogP contribution in [0.25, 0.3) is 0 Å². The second kappa shape index (κ2) is 6.83. The average molecular weight is 311 g/mol. The Balaban J connectivity index is 2.82. The third-order valence-electron chi connectivity index (χ3n) is 2.46. The van der Waals surface area contributed by atoms with Crippen LogP contribution >= 0.6 is 0 Å². The highest BCUT2D eigenvalue weighted by atomic mass is 32.2. The smallest absolute Gasteiger partial charge is 0.322 e. The molecule has 1 rings (SSSR count). The average Bonchev–Trinajstić information content (AvgIpc) is 2.37. The Bertz CT molecular complexity index is 676. The molecule has 0 aromatic heterocycles. The molecule has 0 unspecified atom stereocenters. The summed E-state index contributed by atoms with van der Waals surface area (Å²) in [7, 11) is -3.97. The highest BCUT2D eigenvalue weighted by molar-refractivity contribution is 7.88. The minimum atomic E-state index is -3.97. The van der Waals surface area contributed by atoms with Crippen LogP contribution in [0.4, 0.5) is 0 Å². The second-order valence-corrected chi connectivity index (χ2v) is 6.00. The molecule has 1 aromatic rings. The Morgan fingerprint density at radius 2 is 1.90 bits per heavy atom. The lowest BCUT2D eigenvalue weighted by molar-refractivity contribution is -0.140. The number of carboxylic acid groups (broad SMARTS) is 1. The number of hydrogen-bond acceptors (Lipinski definition) is 5. The fourth-order valence-corrected chi connectivity index (χ4v) is 2.87. The molecule has 4 N–H and O–H groups in total. The molecule has 0 aliphatic rings. The van der Waals surface area contributed by atoms with Crippen molar-refractivity contribution in [2.24, 2.45) is 5.73 Å². The van der Waals surface area contributed by atoms with Crippen LogP contribution in [0.3, 0.4) is 0 Å². The van der Waals surface area contributed by atoms with E-state index in [1.807, 2.05) is 10.8 Å². The van der Waals surface area contributed by atoms with Gasteiger partial charge < -0.3 is 10.8 Å². The summed E-state index contributed by atoms with van der Waals surface area (Å²) < 4.78 is 25.6. The van der Waals surface area contributed by atoms with E-state index in [4.69, 9.17) is 16.1 Å². The lowest BCUT2D eigenvalue weighted by Gasteiger charge is -2.13. The van der Waals surface area contributed by atoms with Gasteiger partial charge in [0.25, 0.3) is 0 Å². The van der Waals surface area contributed by atoms with Crippen LogP contribution in [-0.4, -0.2) is 31.4 Å². The van der Waals surface area contributed by atoms with Gasteiger partial charge in [-0.15, -0.1) is 0 Å². The fourth-order valence-electron chi connectivity index (χ4n) is 1.53. The molecule has 112 valence electrons. The molecular weight excluding hydrogens is 298 g/mol. The van der Waals surface area contributed by atoms with Crippen LogP contribution in [0.1, 0.15) is 17.5 Å². The predicted molar refractivity (Wildman–Crippen MR) is 72.2 cm³/mol. The van der Waals surface area contributed by atoms with E-state index in [9.17, 15) is 18.0 Å². The highest BCUT2D eigenvalue weighted by Gasteiger charge is 2.25. The number of benzene rings is 1. The first-order valence-electron chi connectivity index (χ1n) is 5.73. The Hall–Kier alpha value is -2.44. The highest BCUT2D eigenvalue weighted by Crippen LogP contribution is 2.08. The number of nitrogens with two attached hydrogens (primary N) is 1. The van der Waals surface area contributed by atoms with Gasteiger partial charge in [0, 0.05) is 0 Å². The molecule has 9 heteroatoms. The molecule has 0 bridgehead atoms. The molecule has 21 heavy (non-hydrogen) atoms. The van der Waals surface area contributed by atoms with Crippen LogP contribution < -0.4 is 10.5 Å². The van der Waals surface area contributed by atoms with Gasteiger partial charge in [-0.3, -0.25) is 9.59 Å². The molecule has 0 saturated heterocycles. The molecule has 8 nitrogen and oxygen atoms in total. The van der Waals surface area contributed by atoms with Crippen molar-refractivity contribution in [1.82, 2.24) is 4.72 Å². The van der Waals surface area contributed by atoms with E-state index < -0.39 is 40.1 Å². The number of nitriles is 1. The Kier molecular flexibility index (Phi) is 5.40. The molecule has 1 amide bonds. The zero-order chi connectivity index (χ0) is 16.0. The number of nitrogens with one attached hydrogen (secondary N) is 1. The first kappa shape index (κ1) is 16.6. The molecular formula is C12H13N3O5S. The van der Waals surface area contributed by atoms with Crippen LogP contribution in [0.5, 0.6) is 0 Å². The largest absolute Gasteiger partial charge is 0.480 e. The van der Waals surface area contributed by atoms with Crippen molar-refractivity contribution < 1.29 is 23.1 Å². The van der Waals surface area contributed by atoms with Crippen molar-refractivity contribution in [3.05, 3.63) is 35.4 Å². The van der Waals surface area contributed by atoms with E-state index in [-0.39, 0.29) is 0 Å². The molecule has 0 radical (unpaired) electrons. The first-order valence-corrected chi connectivity index (χ1v) is 7.39. The van der Waals surface area contributed by atoms with Crippen molar-refractivity contribution >= 4 is 21.9 Å².